The number of carbonyl (C=O) groups excluding carboxylic acids is 3. The molecule has 2 amide bonds. The molecule has 19 heavy (non-hydrogen) atoms. The highest BCUT2D eigenvalue weighted by atomic mass is 16.6. The average molecular weight is 271 g/mol. The molecule has 0 aromatic carbocycles. The van der Waals surface area contributed by atoms with Crippen LogP contribution < -0.4 is 16.6 Å². The summed E-state index contributed by atoms with van der Waals surface area (Å²) < 4.78 is 9.12. The summed E-state index contributed by atoms with van der Waals surface area (Å²) in [5.74, 6) is -4.42. The molecule has 0 atom stereocenters. The molecule has 0 heterocycles. The summed E-state index contributed by atoms with van der Waals surface area (Å²) in [6.45, 7) is 3.02. The second-order valence-electron chi connectivity index (χ2n) is 3.14. The molecule has 0 aliphatic heterocycles. The zero-order valence-electron chi connectivity index (χ0n) is 10.6. The molecular formula is C11H15N2O6-. The van der Waals surface area contributed by atoms with E-state index in [0.29, 0.717) is 6.08 Å². The van der Waals surface area contributed by atoms with Crippen LogP contribution in [0.5, 0.6) is 0 Å². The van der Waals surface area contributed by atoms with Gasteiger partial charge in [-0.15, -0.1) is 0 Å². The van der Waals surface area contributed by atoms with Gasteiger partial charge in [-0.2, -0.15) is 0 Å². The molecule has 0 bridgehead atoms. The molecule has 0 radical (unpaired) electrons. The monoisotopic (exact) mass is 271 g/mol. The number of hydrogen-bond donors (Lipinski definition) is 2. The summed E-state index contributed by atoms with van der Waals surface area (Å²) in [6.07, 6.45) is 0.667. The van der Waals surface area contributed by atoms with Gasteiger partial charge in [0.2, 0.25) is 0 Å². The number of nitrogens with two attached hydrogens (primary N) is 2. The van der Waals surface area contributed by atoms with Crippen LogP contribution in [0.3, 0.4) is 0 Å². The van der Waals surface area contributed by atoms with Crippen LogP contribution >= 0.6 is 0 Å². The molecule has 0 aliphatic rings. The fourth-order valence-corrected chi connectivity index (χ4v) is 1.02. The first-order valence-electron chi connectivity index (χ1n) is 5.37. The van der Waals surface area contributed by atoms with Crippen molar-refractivity contribution >= 4 is 17.8 Å². The Morgan fingerprint density at radius 2 is 1.58 bits per heavy atom. The van der Waals surface area contributed by atoms with Gasteiger partial charge in [0.1, 0.15) is 5.57 Å². The lowest BCUT2D eigenvalue weighted by Gasteiger charge is -2.15. The first kappa shape index (κ1) is 16.5. The molecule has 0 rings (SSSR count). The lowest BCUT2D eigenvalue weighted by atomic mass is 10.1. The quantitative estimate of drug-likeness (QED) is 0.137. The molecule has 0 aromatic rings. The number of hydrogen-bond acceptors (Lipinski definition) is 6. The standard InChI is InChI=1S/C11H16N2O6/c1-3-18-10(16)6(8(12)14)5-7(9(13)15)11(17)19-4-2/h5,16H,3-4H2,1-2H3,(H2,12,14)(H2,13,15)/p-1/b7-5+,10-6-. The summed E-state index contributed by atoms with van der Waals surface area (Å²) in [5, 5.41) is 11.4. The van der Waals surface area contributed by atoms with Gasteiger partial charge in [0.25, 0.3) is 11.8 Å². The third-order valence-electron chi connectivity index (χ3n) is 1.81. The molecule has 106 valence electrons. The topological polar surface area (TPSA) is 145 Å². The van der Waals surface area contributed by atoms with Crippen LogP contribution in [0.15, 0.2) is 23.2 Å². The van der Waals surface area contributed by atoms with E-state index in [1.807, 2.05) is 0 Å². The van der Waals surface area contributed by atoms with Gasteiger partial charge >= 0.3 is 5.97 Å². The number of primary amides is 2. The Balaban J connectivity index is 5.62. The fourth-order valence-electron chi connectivity index (χ4n) is 1.02. The highest BCUT2D eigenvalue weighted by molar-refractivity contribution is 6.17. The Kier molecular flexibility index (Phi) is 6.72. The predicted octanol–water partition coefficient (Wildman–Crippen LogP) is -1.95. The highest BCUT2D eigenvalue weighted by Crippen LogP contribution is 2.08. The Labute approximate surface area is 109 Å². The molecule has 0 aromatic heterocycles. The number of rotatable bonds is 7. The number of esters is 1. The Morgan fingerprint density at radius 1 is 1.05 bits per heavy atom. The third kappa shape index (κ3) is 5.11. The lowest BCUT2D eigenvalue weighted by Crippen LogP contribution is -2.26. The van der Waals surface area contributed by atoms with Crippen LogP contribution in [0.4, 0.5) is 0 Å². The summed E-state index contributed by atoms with van der Waals surface area (Å²) in [4.78, 5) is 33.6. The van der Waals surface area contributed by atoms with Gasteiger partial charge in [-0.25, -0.2) is 4.79 Å². The largest absolute Gasteiger partial charge is 0.613 e. The van der Waals surface area contributed by atoms with Crippen LogP contribution in [-0.2, 0) is 23.9 Å². The minimum Gasteiger partial charge on any atom is -0.613 e. The zero-order valence-corrected chi connectivity index (χ0v) is 10.6. The normalized spacial score (nSPS) is 12.4. The maximum atomic E-state index is 11.4. The van der Waals surface area contributed by atoms with Crippen LogP contribution in [-0.4, -0.2) is 31.0 Å². The Morgan fingerprint density at radius 3 is 1.95 bits per heavy atom. The fraction of sp³-hybridized carbons (Fsp3) is 0.364. The van der Waals surface area contributed by atoms with Gasteiger partial charge in [0.05, 0.1) is 18.1 Å². The Hall–Kier alpha value is -2.51. The van der Waals surface area contributed by atoms with Crippen LogP contribution in [0.25, 0.3) is 0 Å². The molecular weight excluding hydrogens is 256 g/mol. The van der Waals surface area contributed by atoms with E-state index >= 15 is 0 Å². The van der Waals surface area contributed by atoms with E-state index in [0.717, 1.165) is 0 Å². The van der Waals surface area contributed by atoms with Crippen LogP contribution in [0.2, 0.25) is 0 Å². The molecule has 0 saturated heterocycles. The summed E-state index contributed by atoms with van der Waals surface area (Å²) in [5.41, 5.74) is 8.60. The smallest absolute Gasteiger partial charge is 0.343 e. The second-order valence-corrected chi connectivity index (χ2v) is 3.14. The number of amides is 2. The van der Waals surface area contributed by atoms with Gasteiger partial charge in [0, 0.05) is 0 Å². The summed E-state index contributed by atoms with van der Waals surface area (Å²) in [7, 11) is 0. The van der Waals surface area contributed by atoms with E-state index < -0.39 is 34.9 Å². The maximum absolute atomic E-state index is 11.4. The maximum Gasteiger partial charge on any atom is 0.343 e. The first-order chi connectivity index (χ1) is 8.84. The molecule has 8 nitrogen and oxygen atoms in total. The highest BCUT2D eigenvalue weighted by Gasteiger charge is 2.19. The SMILES string of the molecule is CCOC(=O)/C(=C/C(C(N)=O)=C(\[O-])OCC)C(N)=O. The van der Waals surface area contributed by atoms with Gasteiger partial charge in [-0.1, -0.05) is 6.92 Å². The van der Waals surface area contributed by atoms with Gasteiger partial charge in [0.15, 0.2) is 0 Å². The first-order valence-corrected chi connectivity index (χ1v) is 5.37. The molecule has 0 aliphatic carbocycles. The molecule has 0 saturated carbocycles. The van der Waals surface area contributed by atoms with Crippen molar-refractivity contribution in [2.45, 2.75) is 13.8 Å². The van der Waals surface area contributed by atoms with Crippen molar-refractivity contribution in [2.24, 2.45) is 11.5 Å². The van der Waals surface area contributed by atoms with Crippen molar-refractivity contribution in [1.29, 1.82) is 0 Å². The molecule has 8 heteroatoms. The van der Waals surface area contributed by atoms with Crippen molar-refractivity contribution in [3.8, 4) is 0 Å². The summed E-state index contributed by atoms with van der Waals surface area (Å²) in [6, 6.07) is 0. The van der Waals surface area contributed by atoms with Gasteiger partial charge in [-0.05, 0) is 19.6 Å². The van der Waals surface area contributed by atoms with E-state index in [2.05, 4.69) is 9.47 Å². The molecule has 4 N–H and O–H groups in total. The van der Waals surface area contributed by atoms with Crippen molar-refractivity contribution in [3.63, 3.8) is 0 Å². The van der Waals surface area contributed by atoms with E-state index in [9.17, 15) is 19.5 Å². The van der Waals surface area contributed by atoms with Crippen molar-refractivity contribution < 1.29 is 29.0 Å². The van der Waals surface area contributed by atoms with Crippen LogP contribution in [0.1, 0.15) is 13.8 Å². The molecule has 0 fully saturated rings. The molecule has 0 unspecified atom stereocenters. The Bertz CT molecular complexity index is 438. The third-order valence-corrected chi connectivity index (χ3v) is 1.81. The van der Waals surface area contributed by atoms with Gasteiger partial charge in [-0.3, -0.25) is 9.59 Å². The van der Waals surface area contributed by atoms with Crippen molar-refractivity contribution in [2.75, 3.05) is 13.2 Å². The zero-order chi connectivity index (χ0) is 15.0. The van der Waals surface area contributed by atoms with Crippen LogP contribution in [0, 0.1) is 0 Å². The average Bonchev–Trinajstić information content (AvgIpc) is 2.29. The van der Waals surface area contributed by atoms with Gasteiger partial charge < -0.3 is 26.0 Å². The molecule has 0 spiro atoms. The minimum atomic E-state index is -1.15. The lowest BCUT2D eigenvalue weighted by molar-refractivity contribution is -0.357. The number of carbonyl (C=O) groups is 3. The minimum absolute atomic E-state index is 0.00519. The summed E-state index contributed by atoms with van der Waals surface area (Å²) >= 11 is 0. The number of ether oxygens (including phenoxy) is 2. The predicted molar refractivity (Wildman–Crippen MR) is 61.8 cm³/mol. The van der Waals surface area contributed by atoms with E-state index in [4.69, 9.17) is 11.5 Å². The van der Waals surface area contributed by atoms with E-state index in [1.165, 1.54) is 13.8 Å². The second kappa shape index (κ2) is 7.75. The van der Waals surface area contributed by atoms with Crippen molar-refractivity contribution in [3.05, 3.63) is 23.2 Å². The van der Waals surface area contributed by atoms with E-state index in [-0.39, 0.29) is 13.2 Å². The van der Waals surface area contributed by atoms with E-state index in [1.54, 1.807) is 0 Å². The van der Waals surface area contributed by atoms with Crippen molar-refractivity contribution in [1.82, 2.24) is 0 Å².